The van der Waals surface area contributed by atoms with Crippen molar-refractivity contribution < 1.29 is 9.47 Å². The van der Waals surface area contributed by atoms with Gasteiger partial charge in [-0.1, -0.05) is 24.3 Å². The van der Waals surface area contributed by atoms with Gasteiger partial charge in [-0.05, 0) is 35.9 Å². The van der Waals surface area contributed by atoms with Crippen LogP contribution in [0.5, 0.6) is 5.75 Å². The molecule has 0 unspecified atom stereocenters. The lowest BCUT2D eigenvalue weighted by molar-refractivity contribution is 0.110. The van der Waals surface area contributed by atoms with Gasteiger partial charge in [0, 0.05) is 25.1 Å². The number of benzene rings is 2. The van der Waals surface area contributed by atoms with Crippen molar-refractivity contribution in [1.82, 2.24) is 5.32 Å². The molecule has 1 aliphatic rings. The highest BCUT2D eigenvalue weighted by molar-refractivity contribution is 5.89. The first kappa shape index (κ1) is 13.4. The Labute approximate surface area is 119 Å². The largest absolute Gasteiger partial charge is 0.496 e. The predicted molar refractivity (Wildman–Crippen MR) is 81.2 cm³/mol. The van der Waals surface area contributed by atoms with Crippen molar-refractivity contribution in [3.05, 3.63) is 42.0 Å². The minimum absolute atomic E-state index is 0.386. The molecule has 1 N–H and O–H groups in total. The second-order valence-electron chi connectivity index (χ2n) is 5.29. The molecule has 1 fully saturated rings. The van der Waals surface area contributed by atoms with Crippen molar-refractivity contribution in [2.24, 2.45) is 0 Å². The van der Waals surface area contributed by atoms with Crippen LogP contribution in [-0.4, -0.2) is 26.4 Å². The molecule has 3 heteroatoms. The molecule has 0 amide bonds. The van der Waals surface area contributed by atoms with Crippen molar-refractivity contribution in [3.8, 4) is 5.75 Å². The summed E-state index contributed by atoms with van der Waals surface area (Å²) in [6.45, 7) is 2.69. The first-order valence-corrected chi connectivity index (χ1v) is 7.25. The maximum absolute atomic E-state index is 5.62. The van der Waals surface area contributed by atoms with Gasteiger partial charge in [0.2, 0.25) is 0 Å². The predicted octanol–water partition coefficient (Wildman–Crippen LogP) is 3.12. The lowest BCUT2D eigenvalue weighted by Crippen LogP contribution is -2.25. The van der Waals surface area contributed by atoms with Crippen LogP contribution in [0, 0.1) is 0 Å². The zero-order valence-electron chi connectivity index (χ0n) is 11.9. The van der Waals surface area contributed by atoms with Crippen LogP contribution in [0.3, 0.4) is 0 Å². The van der Waals surface area contributed by atoms with Gasteiger partial charge in [0.15, 0.2) is 0 Å². The van der Waals surface area contributed by atoms with Gasteiger partial charge in [-0.3, -0.25) is 0 Å². The molecule has 2 aromatic rings. The Kier molecular flexibility index (Phi) is 4.19. The highest BCUT2D eigenvalue weighted by Crippen LogP contribution is 2.27. The third kappa shape index (κ3) is 2.94. The summed E-state index contributed by atoms with van der Waals surface area (Å²) in [6.07, 6.45) is 2.75. The molecule has 1 aliphatic heterocycles. The Morgan fingerprint density at radius 3 is 3.00 bits per heavy atom. The Bertz CT molecular complexity index is 576. The second kappa shape index (κ2) is 6.25. The Morgan fingerprint density at radius 1 is 1.30 bits per heavy atom. The summed E-state index contributed by atoms with van der Waals surface area (Å²) < 4.78 is 11.1. The fourth-order valence-electron chi connectivity index (χ4n) is 2.79. The van der Waals surface area contributed by atoms with Crippen LogP contribution in [0.2, 0.25) is 0 Å². The normalized spacial score (nSPS) is 18.6. The van der Waals surface area contributed by atoms with E-state index in [-0.39, 0.29) is 0 Å². The SMILES string of the molecule is COc1cc(CNC[C@H]2CCCO2)cc2ccccc12. The first-order valence-electron chi connectivity index (χ1n) is 7.25. The van der Waals surface area contributed by atoms with Gasteiger partial charge in [0.05, 0.1) is 13.2 Å². The van der Waals surface area contributed by atoms with Crippen LogP contribution in [0.4, 0.5) is 0 Å². The van der Waals surface area contributed by atoms with E-state index in [9.17, 15) is 0 Å². The molecule has 3 nitrogen and oxygen atoms in total. The van der Waals surface area contributed by atoms with E-state index in [0.29, 0.717) is 6.10 Å². The summed E-state index contributed by atoms with van der Waals surface area (Å²) in [5.74, 6) is 0.942. The van der Waals surface area contributed by atoms with Crippen LogP contribution < -0.4 is 10.1 Å². The highest BCUT2D eigenvalue weighted by atomic mass is 16.5. The minimum Gasteiger partial charge on any atom is -0.496 e. The van der Waals surface area contributed by atoms with Gasteiger partial charge < -0.3 is 14.8 Å². The van der Waals surface area contributed by atoms with Gasteiger partial charge in [-0.25, -0.2) is 0 Å². The second-order valence-corrected chi connectivity index (χ2v) is 5.29. The topological polar surface area (TPSA) is 30.5 Å². The zero-order valence-corrected chi connectivity index (χ0v) is 11.9. The van der Waals surface area contributed by atoms with E-state index in [1.165, 1.54) is 23.8 Å². The summed E-state index contributed by atoms with van der Waals surface area (Å²) in [4.78, 5) is 0. The minimum atomic E-state index is 0.386. The van der Waals surface area contributed by atoms with Crippen LogP contribution in [0.1, 0.15) is 18.4 Å². The molecule has 2 aromatic carbocycles. The molecule has 0 bridgehead atoms. The average Bonchev–Trinajstić information content (AvgIpc) is 2.99. The molecule has 0 radical (unpaired) electrons. The van der Waals surface area contributed by atoms with Gasteiger partial charge in [-0.2, -0.15) is 0 Å². The van der Waals surface area contributed by atoms with Crippen LogP contribution in [-0.2, 0) is 11.3 Å². The van der Waals surface area contributed by atoms with Crippen LogP contribution >= 0.6 is 0 Å². The number of methoxy groups -OCH3 is 1. The Hall–Kier alpha value is -1.58. The summed E-state index contributed by atoms with van der Waals surface area (Å²) in [7, 11) is 1.73. The number of hydrogen-bond acceptors (Lipinski definition) is 3. The molecule has 0 saturated carbocycles. The quantitative estimate of drug-likeness (QED) is 0.906. The summed E-state index contributed by atoms with van der Waals surface area (Å²) in [5, 5.41) is 5.87. The van der Waals surface area contributed by atoms with Crippen molar-refractivity contribution >= 4 is 10.8 Å². The standard InChI is InChI=1S/C17H21NO2/c1-19-17-10-13(9-14-5-2-3-7-16(14)17)11-18-12-15-6-4-8-20-15/h2-3,5,7,9-10,15,18H,4,6,8,11-12H2,1H3/t15-/m1/s1. The molecular formula is C17H21NO2. The molecule has 1 saturated heterocycles. The highest BCUT2D eigenvalue weighted by Gasteiger charge is 2.14. The maximum Gasteiger partial charge on any atom is 0.127 e. The molecule has 1 heterocycles. The van der Waals surface area contributed by atoms with E-state index in [1.807, 2.05) is 6.07 Å². The van der Waals surface area contributed by atoms with Crippen molar-refractivity contribution in [2.45, 2.75) is 25.5 Å². The lowest BCUT2D eigenvalue weighted by atomic mass is 10.1. The number of nitrogens with one attached hydrogen (secondary N) is 1. The molecule has 3 rings (SSSR count). The van der Waals surface area contributed by atoms with E-state index in [4.69, 9.17) is 9.47 Å². The molecule has 0 aliphatic carbocycles. The zero-order chi connectivity index (χ0) is 13.8. The smallest absolute Gasteiger partial charge is 0.127 e. The number of fused-ring (bicyclic) bond motifs is 1. The third-order valence-corrected chi connectivity index (χ3v) is 3.83. The van der Waals surface area contributed by atoms with E-state index in [1.54, 1.807) is 7.11 Å². The number of hydrogen-bond donors (Lipinski definition) is 1. The van der Waals surface area contributed by atoms with Gasteiger partial charge >= 0.3 is 0 Å². The molecule has 0 aromatic heterocycles. The summed E-state index contributed by atoms with van der Waals surface area (Å²) in [5.41, 5.74) is 1.25. The molecule has 1 atom stereocenters. The van der Waals surface area contributed by atoms with Crippen LogP contribution in [0.15, 0.2) is 36.4 Å². The Morgan fingerprint density at radius 2 is 2.20 bits per heavy atom. The Balaban J connectivity index is 1.70. The monoisotopic (exact) mass is 271 g/mol. The fourth-order valence-corrected chi connectivity index (χ4v) is 2.79. The van der Waals surface area contributed by atoms with Gasteiger partial charge in [-0.15, -0.1) is 0 Å². The van der Waals surface area contributed by atoms with E-state index < -0.39 is 0 Å². The van der Waals surface area contributed by atoms with Gasteiger partial charge in [0.25, 0.3) is 0 Å². The molecule has 106 valence electrons. The average molecular weight is 271 g/mol. The van der Waals surface area contributed by atoms with Crippen molar-refractivity contribution in [1.29, 1.82) is 0 Å². The number of rotatable bonds is 5. The van der Waals surface area contributed by atoms with Crippen LogP contribution in [0.25, 0.3) is 10.8 Å². The molecule has 0 spiro atoms. The van der Waals surface area contributed by atoms with E-state index >= 15 is 0 Å². The first-order chi connectivity index (χ1) is 9.86. The molecule has 20 heavy (non-hydrogen) atoms. The van der Waals surface area contributed by atoms with Crippen molar-refractivity contribution in [2.75, 3.05) is 20.3 Å². The van der Waals surface area contributed by atoms with Crippen molar-refractivity contribution in [3.63, 3.8) is 0 Å². The van der Waals surface area contributed by atoms with Gasteiger partial charge in [0.1, 0.15) is 5.75 Å². The van der Waals surface area contributed by atoms with E-state index in [0.717, 1.165) is 30.8 Å². The molecular weight excluding hydrogens is 250 g/mol. The summed E-state index contributed by atoms with van der Waals surface area (Å²) in [6, 6.07) is 12.7. The summed E-state index contributed by atoms with van der Waals surface area (Å²) >= 11 is 0. The third-order valence-electron chi connectivity index (χ3n) is 3.83. The maximum atomic E-state index is 5.62. The fraction of sp³-hybridized carbons (Fsp3) is 0.412. The lowest BCUT2D eigenvalue weighted by Gasteiger charge is -2.12. The van der Waals surface area contributed by atoms with E-state index in [2.05, 4.69) is 35.6 Å². The number of ether oxygens (including phenoxy) is 2.